The van der Waals surface area contributed by atoms with Crippen LogP contribution in [-0.2, 0) is 20.9 Å². The molecule has 1 N–H and O–H groups in total. The van der Waals surface area contributed by atoms with Gasteiger partial charge >= 0.3 is 12.1 Å². The average molecular weight is 415 g/mol. The number of anilines is 1. The third kappa shape index (κ3) is 3.47. The van der Waals surface area contributed by atoms with E-state index in [4.69, 9.17) is 0 Å². The van der Waals surface area contributed by atoms with Gasteiger partial charge in [-0.1, -0.05) is 6.07 Å². The van der Waals surface area contributed by atoms with Gasteiger partial charge in [0, 0.05) is 11.9 Å². The number of methoxy groups -OCH3 is 1. The van der Waals surface area contributed by atoms with Crippen molar-refractivity contribution in [2.75, 3.05) is 11.8 Å². The number of sulfonamides is 1. The highest BCUT2D eigenvalue weighted by Crippen LogP contribution is 2.37. The fourth-order valence-corrected chi connectivity index (χ4v) is 3.33. The Morgan fingerprint density at radius 1 is 1.25 bits per heavy atom. The van der Waals surface area contributed by atoms with Crippen LogP contribution in [0.15, 0.2) is 35.6 Å². The van der Waals surface area contributed by atoms with Gasteiger partial charge in [-0.2, -0.15) is 26.6 Å². The van der Waals surface area contributed by atoms with Crippen molar-refractivity contribution < 1.29 is 31.1 Å². The number of aromatic nitrogens is 4. The van der Waals surface area contributed by atoms with Crippen molar-refractivity contribution in [1.82, 2.24) is 19.6 Å². The maximum Gasteiger partial charge on any atom is 0.418 e. The highest BCUT2D eigenvalue weighted by atomic mass is 32.2. The number of benzene rings is 1. The smallest absolute Gasteiger partial charge is 0.418 e. The van der Waals surface area contributed by atoms with Gasteiger partial charge in [0.1, 0.15) is 0 Å². The molecule has 0 aliphatic heterocycles. The molecule has 9 nitrogen and oxygen atoms in total. The van der Waals surface area contributed by atoms with Crippen LogP contribution in [-0.4, -0.2) is 41.1 Å². The Hall–Kier alpha value is -3.22. The molecular weight excluding hydrogens is 403 g/mol. The van der Waals surface area contributed by atoms with E-state index in [1.54, 1.807) is 17.7 Å². The van der Waals surface area contributed by atoms with Crippen molar-refractivity contribution in [2.45, 2.75) is 18.3 Å². The summed E-state index contributed by atoms with van der Waals surface area (Å²) in [4.78, 5) is 19.4. The summed E-state index contributed by atoms with van der Waals surface area (Å²) < 4.78 is 72.7. The molecule has 3 aromatic rings. The molecule has 0 aliphatic rings. The van der Waals surface area contributed by atoms with Gasteiger partial charge in [0.25, 0.3) is 21.0 Å². The SMILES string of the molecule is COC(=O)c1cccc(C(F)(F)F)c1NS(=O)(=O)c1nc2nccc(C)n2n1. The normalized spacial score (nSPS) is 12.2. The van der Waals surface area contributed by atoms with Gasteiger partial charge in [0.2, 0.25) is 0 Å². The molecule has 1 aromatic carbocycles. The van der Waals surface area contributed by atoms with E-state index < -0.39 is 44.1 Å². The second-order valence-electron chi connectivity index (χ2n) is 5.52. The molecule has 2 heterocycles. The van der Waals surface area contributed by atoms with E-state index in [0.29, 0.717) is 11.8 Å². The number of carbonyl (C=O) groups is 1. The number of alkyl halides is 3. The summed E-state index contributed by atoms with van der Waals surface area (Å²) in [6.45, 7) is 1.61. The van der Waals surface area contributed by atoms with E-state index >= 15 is 0 Å². The number of para-hydroxylation sites is 1. The number of aryl methyl sites for hydroxylation is 1. The monoisotopic (exact) mass is 415 g/mol. The Labute approximate surface area is 156 Å². The number of hydrogen-bond acceptors (Lipinski definition) is 7. The number of nitrogens with one attached hydrogen (secondary N) is 1. The molecule has 0 spiro atoms. The van der Waals surface area contributed by atoms with Crippen molar-refractivity contribution in [1.29, 1.82) is 0 Å². The lowest BCUT2D eigenvalue weighted by molar-refractivity contribution is -0.136. The number of rotatable bonds is 4. The Bertz CT molecular complexity index is 1170. The number of nitrogens with zero attached hydrogens (tertiary/aromatic N) is 4. The van der Waals surface area contributed by atoms with E-state index in [9.17, 15) is 26.4 Å². The topological polar surface area (TPSA) is 116 Å². The van der Waals surface area contributed by atoms with Gasteiger partial charge in [-0.25, -0.2) is 14.3 Å². The molecule has 0 unspecified atom stereocenters. The van der Waals surface area contributed by atoms with Gasteiger partial charge in [-0.05, 0) is 25.1 Å². The minimum atomic E-state index is -4.94. The van der Waals surface area contributed by atoms with Crippen LogP contribution in [0.4, 0.5) is 18.9 Å². The minimum absolute atomic E-state index is 0.0577. The molecule has 2 aromatic heterocycles. The lowest BCUT2D eigenvalue weighted by Crippen LogP contribution is -2.21. The Balaban J connectivity index is 2.15. The highest BCUT2D eigenvalue weighted by molar-refractivity contribution is 7.92. The summed E-state index contributed by atoms with van der Waals surface area (Å²) in [6, 6.07) is 4.14. The molecule has 28 heavy (non-hydrogen) atoms. The zero-order valence-corrected chi connectivity index (χ0v) is 15.2. The predicted molar refractivity (Wildman–Crippen MR) is 89.1 cm³/mol. The van der Waals surface area contributed by atoms with Gasteiger partial charge in [-0.3, -0.25) is 4.72 Å². The van der Waals surface area contributed by atoms with E-state index in [0.717, 1.165) is 23.8 Å². The van der Waals surface area contributed by atoms with E-state index in [2.05, 4.69) is 19.8 Å². The van der Waals surface area contributed by atoms with Gasteiger partial charge in [0.15, 0.2) is 0 Å². The number of halogens is 3. The van der Waals surface area contributed by atoms with Crippen molar-refractivity contribution in [2.24, 2.45) is 0 Å². The molecule has 0 atom stereocenters. The lowest BCUT2D eigenvalue weighted by atomic mass is 10.1. The van der Waals surface area contributed by atoms with Crippen LogP contribution in [0.3, 0.4) is 0 Å². The van der Waals surface area contributed by atoms with Crippen molar-refractivity contribution in [3.05, 3.63) is 47.3 Å². The third-order valence-electron chi connectivity index (χ3n) is 3.66. The molecule has 0 saturated carbocycles. The van der Waals surface area contributed by atoms with Crippen LogP contribution in [0, 0.1) is 6.92 Å². The van der Waals surface area contributed by atoms with Crippen LogP contribution < -0.4 is 4.72 Å². The standard InChI is InChI=1S/C15H12F3N5O4S/c1-8-6-7-19-13-20-14(21-23(8)13)28(25,26)22-11-9(12(24)27-2)4-3-5-10(11)15(16,17)18/h3-7,22H,1-2H3. The van der Waals surface area contributed by atoms with E-state index in [-0.39, 0.29) is 5.78 Å². The largest absolute Gasteiger partial charge is 0.465 e. The van der Waals surface area contributed by atoms with Crippen molar-refractivity contribution in [3.63, 3.8) is 0 Å². The van der Waals surface area contributed by atoms with Crippen LogP contribution in [0.5, 0.6) is 0 Å². The van der Waals surface area contributed by atoms with Crippen LogP contribution in [0.2, 0.25) is 0 Å². The van der Waals surface area contributed by atoms with Gasteiger partial charge < -0.3 is 4.74 Å². The molecule has 13 heteroatoms. The first kappa shape index (κ1) is 19.5. The number of hydrogen-bond donors (Lipinski definition) is 1. The molecule has 3 rings (SSSR count). The summed E-state index contributed by atoms with van der Waals surface area (Å²) in [5.74, 6) is -1.21. The zero-order chi connectivity index (χ0) is 20.7. The first-order chi connectivity index (χ1) is 13.0. The zero-order valence-electron chi connectivity index (χ0n) is 14.4. The maximum atomic E-state index is 13.4. The van der Waals surface area contributed by atoms with Crippen LogP contribution in [0.1, 0.15) is 21.6 Å². The average Bonchev–Trinajstić information content (AvgIpc) is 3.07. The Morgan fingerprint density at radius 2 is 1.96 bits per heavy atom. The number of fused-ring (bicyclic) bond motifs is 1. The third-order valence-corrected chi connectivity index (χ3v) is 4.79. The number of carbonyl (C=O) groups excluding carboxylic acids is 1. The molecule has 148 valence electrons. The van der Waals surface area contributed by atoms with Gasteiger partial charge in [-0.15, -0.1) is 5.10 Å². The summed E-state index contributed by atoms with van der Waals surface area (Å²) in [5, 5.41) is 2.96. The fourth-order valence-electron chi connectivity index (χ4n) is 2.36. The van der Waals surface area contributed by atoms with E-state index in [1.165, 1.54) is 6.20 Å². The lowest BCUT2D eigenvalue weighted by Gasteiger charge is -2.16. The Kier molecular flexibility index (Phi) is 4.71. The number of esters is 1. The molecule has 0 radical (unpaired) electrons. The molecule has 0 amide bonds. The quantitative estimate of drug-likeness (QED) is 0.648. The molecular formula is C15H12F3N5O4S. The highest BCUT2D eigenvalue weighted by Gasteiger charge is 2.37. The fraction of sp³-hybridized carbons (Fsp3) is 0.200. The van der Waals surface area contributed by atoms with Crippen molar-refractivity contribution in [3.8, 4) is 0 Å². The first-order valence-corrected chi connectivity index (χ1v) is 9.02. The van der Waals surface area contributed by atoms with Gasteiger partial charge in [0.05, 0.1) is 23.9 Å². The second kappa shape index (κ2) is 6.74. The molecule has 0 aliphatic carbocycles. The molecule has 0 bridgehead atoms. The minimum Gasteiger partial charge on any atom is -0.465 e. The van der Waals surface area contributed by atoms with Crippen LogP contribution >= 0.6 is 0 Å². The molecule has 0 fully saturated rings. The molecule has 0 saturated heterocycles. The Morgan fingerprint density at radius 3 is 2.57 bits per heavy atom. The predicted octanol–water partition coefficient (Wildman–Crippen LogP) is 2.04. The van der Waals surface area contributed by atoms with Crippen LogP contribution in [0.25, 0.3) is 5.78 Å². The summed E-state index contributed by atoms with van der Waals surface area (Å²) in [5.41, 5.74) is -2.45. The second-order valence-corrected chi connectivity index (χ2v) is 7.09. The number of ether oxygens (including phenoxy) is 1. The van der Waals surface area contributed by atoms with E-state index in [1.807, 2.05) is 0 Å². The maximum absolute atomic E-state index is 13.4. The summed E-state index contributed by atoms with van der Waals surface area (Å²) in [7, 11) is -3.72. The summed E-state index contributed by atoms with van der Waals surface area (Å²) in [6.07, 6.45) is -3.57. The van der Waals surface area contributed by atoms with Crippen molar-refractivity contribution >= 4 is 27.5 Å². The summed E-state index contributed by atoms with van der Waals surface area (Å²) >= 11 is 0. The first-order valence-electron chi connectivity index (χ1n) is 7.54.